The first-order valence-electron chi connectivity index (χ1n) is 7.50. The Bertz CT molecular complexity index is 410. The molecule has 0 heterocycles. The zero-order valence-electron chi connectivity index (χ0n) is 12.6. The predicted octanol–water partition coefficient (Wildman–Crippen LogP) is 4.04. The molecule has 1 aliphatic rings. The predicted molar refractivity (Wildman–Crippen MR) is 80.8 cm³/mol. The van der Waals surface area contributed by atoms with E-state index in [-0.39, 0.29) is 5.54 Å². The fraction of sp³-hybridized carbons (Fsp3) is 0.647. The molecule has 2 rings (SSSR count). The van der Waals surface area contributed by atoms with E-state index in [4.69, 9.17) is 10.5 Å². The summed E-state index contributed by atoms with van der Waals surface area (Å²) >= 11 is 0. The molecule has 1 aromatic rings. The molecular formula is C17H27NO. The van der Waals surface area contributed by atoms with Crippen molar-refractivity contribution in [3.05, 3.63) is 28.8 Å². The van der Waals surface area contributed by atoms with Gasteiger partial charge in [0.05, 0.1) is 6.61 Å². The van der Waals surface area contributed by atoms with Crippen LogP contribution in [0.15, 0.2) is 12.1 Å². The fourth-order valence-electron chi connectivity index (χ4n) is 3.26. The first-order chi connectivity index (χ1) is 9.00. The van der Waals surface area contributed by atoms with Crippen molar-refractivity contribution in [2.75, 3.05) is 6.61 Å². The molecule has 0 radical (unpaired) electrons. The Labute approximate surface area is 117 Å². The highest BCUT2D eigenvalue weighted by Gasteiger charge is 2.27. The summed E-state index contributed by atoms with van der Waals surface area (Å²) in [5, 5.41) is 0. The van der Waals surface area contributed by atoms with Gasteiger partial charge in [-0.3, -0.25) is 0 Å². The molecule has 0 spiro atoms. The lowest BCUT2D eigenvalue weighted by Gasteiger charge is -2.33. The Balaban J connectivity index is 1.92. The van der Waals surface area contributed by atoms with Crippen LogP contribution in [0.1, 0.15) is 55.2 Å². The lowest BCUT2D eigenvalue weighted by molar-refractivity contribution is 0.213. The van der Waals surface area contributed by atoms with Gasteiger partial charge in [-0.25, -0.2) is 0 Å². The number of rotatable bonds is 4. The molecule has 0 atom stereocenters. The second-order valence-corrected chi connectivity index (χ2v) is 6.25. The number of ether oxygens (including phenoxy) is 1. The van der Waals surface area contributed by atoms with E-state index in [0.29, 0.717) is 0 Å². The third-order valence-electron chi connectivity index (χ3n) is 4.30. The maximum Gasteiger partial charge on any atom is 0.125 e. The van der Waals surface area contributed by atoms with Gasteiger partial charge >= 0.3 is 0 Å². The molecule has 0 aliphatic heterocycles. The van der Waals surface area contributed by atoms with Crippen LogP contribution in [-0.4, -0.2) is 12.1 Å². The van der Waals surface area contributed by atoms with Crippen LogP contribution in [0.5, 0.6) is 5.75 Å². The Hall–Kier alpha value is -1.02. The molecule has 0 amide bonds. The minimum Gasteiger partial charge on any atom is -0.493 e. The normalized spacial score (nSPS) is 18.3. The lowest BCUT2D eigenvalue weighted by atomic mass is 9.80. The topological polar surface area (TPSA) is 35.2 Å². The van der Waals surface area contributed by atoms with Crippen LogP contribution < -0.4 is 10.5 Å². The van der Waals surface area contributed by atoms with E-state index < -0.39 is 0 Å². The van der Waals surface area contributed by atoms with Gasteiger partial charge < -0.3 is 10.5 Å². The van der Waals surface area contributed by atoms with Gasteiger partial charge in [-0.05, 0) is 51.2 Å². The lowest BCUT2D eigenvalue weighted by Crippen LogP contribution is -2.42. The van der Waals surface area contributed by atoms with Crippen molar-refractivity contribution in [3.63, 3.8) is 0 Å². The Morgan fingerprint density at radius 3 is 2.21 bits per heavy atom. The highest BCUT2D eigenvalue weighted by Crippen LogP contribution is 2.30. The molecule has 2 nitrogen and oxygen atoms in total. The second-order valence-electron chi connectivity index (χ2n) is 6.25. The highest BCUT2D eigenvalue weighted by atomic mass is 16.5. The van der Waals surface area contributed by atoms with E-state index in [2.05, 4.69) is 32.9 Å². The molecular weight excluding hydrogens is 234 g/mol. The second kappa shape index (κ2) is 5.96. The number of nitrogens with two attached hydrogens (primary N) is 1. The van der Waals surface area contributed by atoms with Gasteiger partial charge in [-0.1, -0.05) is 37.0 Å². The molecule has 106 valence electrons. The van der Waals surface area contributed by atoms with E-state index in [1.165, 1.54) is 36.0 Å². The Kier molecular flexibility index (Phi) is 4.51. The van der Waals surface area contributed by atoms with E-state index in [1.54, 1.807) is 0 Å². The van der Waals surface area contributed by atoms with Gasteiger partial charge in [-0.15, -0.1) is 0 Å². The molecule has 1 saturated carbocycles. The summed E-state index contributed by atoms with van der Waals surface area (Å²) in [5.41, 5.74) is 10.2. The highest BCUT2D eigenvalue weighted by molar-refractivity contribution is 5.42. The molecule has 0 unspecified atom stereocenters. The summed E-state index contributed by atoms with van der Waals surface area (Å²) < 4.78 is 6.01. The van der Waals surface area contributed by atoms with Crippen LogP contribution >= 0.6 is 0 Å². The van der Waals surface area contributed by atoms with Crippen LogP contribution in [-0.2, 0) is 0 Å². The number of benzene rings is 1. The molecule has 2 heteroatoms. The summed E-state index contributed by atoms with van der Waals surface area (Å²) in [7, 11) is 0. The number of hydrogen-bond acceptors (Lipinski definition) is 2. The zero-order chi connectivity index (χ0) is 13.9. The van der Waals surface area contributed by atoms with E-state index in [1.807, 2.05) is 0 Å². The molecule has 1 fully saturated rings. The van der Waals surface area contributed by atoms with Gasteiger partial charge in [-0.2, -0.15) is 0 Å². The molecule has 0 aromatic heterocycles. The Morgan fingerprint density at radius 1 is 1.05 bits per heavy atom. The van der Waals surface area contributed by atoms with Crippen molar-refractivity contribution in [2.45, 2.75) is 64.8 Å². The van der Waals surface area contributed by atoms with Gasteiger partial charge in [0.15, 0.2) is 0 Å². The first kappa shape index (κ1) is 14.4. The van der Waals surface area contributed by atoms with Crippen LogP contribution in [0.4, 0.5) is 0 Å². The smallest absolute Gasteiger partial charge is 0.125 e. The van der Waals surface area contributed by atoms with Gasteiger partial charge in [0, 0.05) is 5.54 Å². The molecule has 0 bridgehead atoms. The van der Waals surface area contributed by atoms with Gasteiger partial charge in [0.1, 0.15) is 5.75 Å². The van der Waals surface area contributed by atoms with Crippen molar-refractivity contribution < 1.29 is 4.74 Å². The number of aryl methyl sites for hydroxylation is 3. The van der Waals surface area contributed by atoms with Crippen molar-refractivity contribution in [1.82, 2.24) is 0 Å². The molecule has 1 aromatic carbocycles. The van der Waals surface area contributed by atoms with E-state index >= 15 is 0 Å². The minimum atomic E-state index is 0.0186. The van der Waals surface area contributed by atoms with Crippen LogP contribution in [0.2, 0.25) is 0 Å². The van der Waals surface area contributed by atoms with Gasteiger partial charge in [0.25, 0.3) is 0 Å². The monoisotopic (exact) mass is 261 g/mol. The quantitative estimate of drug-likeness (QED) is 0.887. The fourth-order valence-corrected chi connectivity index (χ4v) is 3.26. The standard InChI is InChI=1S/C17H27NO/c1-13-11-14(2)16(15(3)12-13)19-10-9-17(18)7-5-4-6-8-17/h11-12H,4-10,18H2,1-3H3. The SMILES string of the molecule is Cc1cc(C)c(OCCC2(N)CCCCC2)c(C)c1. The Morgan fingerprint density at radius 2 is 1.63 bits per heavy atom. The average molecular weight is 261 g/mol. The largest absolute Gasteiger partial charge is 0.493 e. The minimum absolute atomic E-state index is 0.0186. The maximum atomic E-state index is 6.44. The summed E-state index contributed by atoms with van der Waals surface area (Å²) in [6.07, 6.45) is 7.18. The zero-order valence-corrected chi connectivity index (χ0v) is 12.6. The summed E-state index contributed by atoms with van der Waals surface area (Å²) in [4.78, 5) is 0. The summed E-state index contributed by atoms with van der Waals surface area (Å²) in [5.74, 6) is 1.05. The maximum absolute atomic E-state index is 6.44. The third-order valence-corrected chi connectivity index (χ3v) is 4.30. The van der Waals surface area contributed by atoms with Crippen molar-refractivity contribution in [2.24, 2.45) is 5.73 Å². The molecule has 0 saturated heterocycles. The van der Waals surface area contributed by atoms with Crippen molar-refractivity contribution >= 4 is 0 Å². The van der Waals surface area contributed by atoms with Crippen molar-refractivity contribution in [3.8, 4) is 5.75 Å². The van der Waals surface area contributed by atoms with Crippen LogP contribution in [0, 0.1) is 20.8 Å². The average Bonchev–Trinajstić information content (AvgIpc) is 2.33. The summed E-state index contributed by atoms with van der Waals surface area (Å²) in [6.45, 7) is 7.10. The van der Waals surface area contributed by atoms with Crippen molar-refractivity contribution in [1.29, 1.82) is 0 Å². The van der Waals surface area contributed by atoms with Crippen LogP contribution in [0.3, 0.4) is 0 Å². The van der Waals surface area contributed by atoms with Gasteiger partial charge in [0.2, 0.25) is 0 Å². The van der Waals surface area contributed by atoms with E-state index in [0.717, 1.165) is 31.6 Å². The molecule has 1 aliphatic carbocycles. The molecule has 19 heavy (non-hydrogen) atoms. The van der Waals surface area contributed by atoms with Crippen LogP contribution in [0.25, 0.3) is 0 Å². The first-order valence-corrected chi connectivity index (χ1v) is 7.50. The van der Waals surface area contributed by atoms with E-state index in [9.17, 15) is 0 Å². The number of hydrogen-bond donors (Lipinski definition) is 1. The summed E-state index contributed by atoms with van der Waals surface area (Å²) in [6, 6.07) is 4.36. The molecule has 2 N–H and O–H groups in total. The third kappa shape index (κ3) is 3.73.